The van der Waals surface area contributed by atoms with Gasteiger partial charge in [0.2, 0.25) is 24.1 Å². The molecule has 0 unspecified atom stereocenters. The number of rotatable bonds is 3. The molecule has 1 aromatic rings. The van der Waals surface area contributed by atoms with E-state index >= 15 is 0 Å². The van der Waals surface area contributed by atoms with Gasteiger partial charge < -0.3 is 0 Å². The van der Waals surface area contributed by atoms with Crippen LogP contribution in [-0.2, 0) is 20.0 Å². The van der Waals surface area contributed by atoms with Gasteiger partial charge in [0.1, 0.15) is 0 Å². The van der Waals surface area contributed by atoms with Gasteiger partial charge >= 0.3 is 0 Å². The third-order valence-electron chi connectivity index (χ3n) is 3.19. The van der Waals surface area contributed by atoms with E-state index in [1.807, 2.05) is 30.3 Å². The zero-order valence-electron chi connectivity index (χ0n) is 10.4. The smallest absolute Gasteiger partial charge is 0.227 e. The monoisotopic (exact) mass is 314 g/mol. The van der Waals surface area contributed by atoms with Crippen LogP contribution in [0.1, 0.15) is 12.0 Å². The van der Waals surface area contributed by atoms with Crippen LogP contribution in [0.5, 0.6) is 0 Å². The van der Waals surface area contributed by atoms with E-state index < -0.39 is 24.1 Å². The summed E-state index contributed by atoms with van der Waals surface area (Å²) in [7, 11) is -8.79. The van der Waals surface area contributed by atoms with E-state index in [1.165, 1.54) is 12.2 Å². The van der Waals surface area contributed by atoms with Gasteiger partial charge in [0, 0.05) is 6.42 Å². The van der Waals surface area contributed by atoms with Crippen LogP contribution < -0.4 is 10.3 Å². The van der Waals surface area contributed by atoms with E-state index in [2.05, 4.69) is 0 Å². The van der Waals surface area contributed by atoms with Crippen LogP contribution >= 0.6 is 0 Å². The first-order valence-corrected chi connectivity index (χ1v) is 8.76. The zero-order chi connectivity index (χ0) is 15.0. The van der Waals surface area contributed by atoms with Crippen molar-refractivity contribution in [1.82, 2.24) is 0 Å². The molecule has 0 heterocycles. The standard InChI is InChI=1S/C12H14N2O4S2/c13-19(15,16)12(20(14,17)18)8-6-11(7-9-12)10-4-2-1-3-5-10/h1-8H,9H2,(H2,13,15,16)(H2,14,17,18). The third-order valence-corrected chi connectivity index (χ3v) is 7.12. The molecule has 6 nitrogen and oxygen atoms in total. The summed E-state index contributed by atoms with van der Waals surface area (Å²) in [5.41, 5.74) is 1.56. The first kappa shape index (κ1) is 14.9. The van der Waals surface area contributed by atoms with Crippen LogP contribution in [0.2, 0.25) is 0 Å². The van der Waals surface area contributed by atoms with E-state index in [4.69, 9.17) is 10.3 Å². The molecule has 108 valence electrons. The zero-order valence-corrected chi connectivity index (χ0v) is 12.1. The second-order valence-electron chi connectivity index (χ2n) is 4.46. The largest absolute Gasteiger partial charge is 0.234 e. The molecule has 0 bridgehead atoms. The van der Waals surface area contributed by atoms with Crippen LogP contribution in [0.15, 0.2) is 48.6 Å². The van der Waals surface area contributed by atoms with E-state index in [-0.39, 0.29) is 6.42 Å². The number of hydrogen-bond acceptors (Lipinski definition) is 4. The first-order chi connectivity index (χ1) is 9.17. The molecule has 1 aliphatic rings. The Morgan fingerprint density at radius 3 is 1.90 bits per heavy atom. The number of primary sulfonamides is 2. The van der Waals surface area contributed by atoms with Gasteiger partial charge in [-0.25, -0.2) is 27.1 Å². The summed E-state index contributed by atoms with van der Waals surface area (Å²) in [6.07, 6.45) is 3.64. The fourth-order valence-corrected chi connectivity index (χ4v) is 4.48. The SMILES string of the molecule is NS(=O)(=O)C1(S(N)(=O)=O)C=CC(c2ccccc2)=CC1. The van der Waals surface area contributed by atoms with E-state index in [0.717, 1.165) is 11.6 Å². The quantitative estimate of drug-likeness (QED) is 0.833. The molecule has 1 aromatic carbocycles. The van der Waals surface area contributed by atoms with Crippen LogP contribution in [0, 0.1) is 0 Å². The summed E-state index contributed by atoms with van der Waals surface area (Å²) < 4.78 is 44.3. The molecular weight excluding hydrogens is 300 g/mol. The normalized spacial score (nSPS) is 18.6. The molecule has 4 N–H and O–H groups in total. The Morgan fingerprint density at radius 2 is 1.50 bits per heavy atom. The molecule has 0 spiro atoms. The van der Waals surface area contributed by atoms with Crippen molar-refractivity contribution in [3.63, 3.8) is 0 Å². The Hall–Kier alpha value is -1.48. The molecule has 2 rings (SSSR count). The van der Waals surface area contributed by atoms with Gasteiger partial charge in [-0.05, 0) is 17.2 Å². The molecule has 0 saturated heterocycles. The lowest BCUT2D eigenvalue weighted by molar-refractivity contribution is 0.559. The van der Waals surface area contributed by atoms with E-state index in [0.29, 0.717) is 5.57 Å². The highest BCUT2D eigenvalue weighted by Crippen LogP contribution is 2.34. The third kappa shape index (κ3) is 2.42. The first-order valence-electron chi connectivity index (χ1n) is 5.67. The van der Waals surface area contributed by atoms with Crippen molar-refractivity contribution in [2.24, 2.45) is 10.3 Å². The lowest BCUT2D eigenvalue weighted by atomic mass is 9.99. The number of allylic oxidation sites excluding steroid dienone is 3. The van der Waals surface area contributed by atoms with E-state index in [1.54, 1.807) is 0 Å². The number of nitrogens with two attached hydrogens (primary N) is 2. The molecule has 0 radical (unpaired) electrons. The van der Waals surface area contributed by atoms with Gasteiger partial charge in [-0.2, -0.15) is 0 Å². The van der Waals surface area contributed by atoms with Crippen LogP contribution in [0.25, 0.3) is 5.57 Å². The summed E-state index contributed by atoms with van der Waals surface area (Å²) in [4.78, 5) is 0. The minimum absolute atomic E-state index is 0.314. The Labute approximate surface area is 117 Å². The summed E-state index contributed by atoms with van der Waals surface area (Å²) in [6.45, 7) is 0. The Balaban J connectivity index is 2.48. The van der Waals surface area contributed by atoms with Crippen LogP contribution in [0.4, 0.5) is 0 Å². The van der Waals surface area contributed by atoms with Crippen molar-refractivity contribution in [2.75, 3.05) is 0 Å². The number of benzene rings is 1. The molecule has 0 saturated carbocycles. The van der Waals surface area contributed by atoms with Crippen LogP contribution in [0.3, 0.4) is 0 Å². The highest BCUT2D eigenvalue weighted by atomic mass is 32.3. The average Bonchev–Trinajstić information content (AvgIpc) is 2.37. The van der Waals surface area contributed by atoms with Crippen LogP contribution in [-0.4, -0.2) is 20.9 Å². The number of sulfonamides is 2. The summed E-state index contributed by atoms with van der Waals surface area (Å²) >= 11 is 0. The maximum Gasteiger partial charge on any atom is 0.234 e. The molecule has 0 aliphatic heterocycles. The second kappa shape index (κ2) is 4.81. The topological polar surface area (TPSA) is 120 Å². The lowest BCUT2D eigenvalue weighted by Crippen LogP contribution is -2.51. The van der Waals surface area contributed by atoms with Gasteiger partial charge in [-0.15, -0.1) is 0 Å². The molecule has 8 heteroatoms. The maximum absolute atomic E-state index is 11.6. The predicted molar refractivity (Wildman–Crippen MR) is 77.1 cm³/mol. The van der Waals surface area contributed by atoms with Gasteiger partial charge in [-0.1, -0.05) is 42.5 Å². The van der Waals surface area contributed by atoms with Crippen molar-refractivity contribution in [2.45, 2.75) is 10.5 Å². The molecule has 0 amide bonds. The second-order valence-corrected chi connectivity index (χ2v) is 8.36. The Morgan fingerprint density at radius 1 is 0.950 bits per heavy atom. The highest BCUT2D eigenvalue weighted by molar-refractivity contribution is 8.08. The lowest BCUT2D eigenvalue weighted by Gasteiger charge is -2.27. The van der Waals surface area contributed by atoms with Crippen molar-refractivity contribution in [1.29, 1.82) is 0 Å². The van der Waals surface area contributed by atoms with Crippen molar-refractivity contribution in [3.8, 4) is 0 Å². The van der Waals surface area contributed by atoms with Gasteiger partial charge in [0.25, 0.3) is 0 Å². The molecule has 0 fully saturated rings. The van der Waals surface area contributed by atoms with Crippen molar-refractivity contribution in [3.05, 3.63) is 54.1 Å². The summed E-state index contributed by atoms with van der Waals surface area (Å²) in [5.74, 6) is 0. The molecule has 20 heavy (non-hydrogen) atoms. The Bertz CT molecular complexity index is 746. The van der Waals surface area contributed by atoms with Crippen molar-refractivity contribution >= 4 is 25.6 Å². The number of hydrogen-bond donors (Lipinski definition) is 2. The summed E-state index contributed by atoms with van der Waals surface area (Å²) in [5, 5.41) is 10.1. The highest BCUT2D eigenvalue weighted by Gasteiger charge is 2.50. The van der Waals surface area contributed by atoms with Gasteiger partial charge in [0.15, 0.2) is 0 Å². The minimum atomic E-state index is -4.40. The Kier molecular flexibility index (Phi) is 3.59. The van der Waals surface area contributed by atoms with Gasteiger partial charge in [0.05, 0.1) is 0 Å². The molecule has 1 aliphatic carbocycles. The fourth-order valence-electron chi connectivity index (χ4n) is 2.03. The molecule has 0 atom stereocenters. The minimum Gasteiger partial charge on any atom is -0.227 e. The maximum atomic E-state index is 11.6. The van der Waals surface area contributed by atoms with Crippen molar-refractivity contribution < 1.29 is 16.8 Å². The molecule has 0 aromatic heterocycles. The fraction of sp³-hybridized carbons (Fsp3) is 0.167. The van der Waals surface area contributed by atoms with E-state index in [9.17, 15) is 16.8 Å². The predicted octanol–water partition coefficient (Wildman–Crippen LogP) is 0.303. The van der Waals surface area contributed by atoms with Gasteiger partial charge in [-0.3, -0.25) is 0 Å². The molecular formula is C12H14N2O4S2. The summed E-state index contributed by atoms with van der Waals surface area (Å²) in [6, 6.07) is 9.15. The average molecular weight is 314 g/mol.